The molecular weight excluding hydrogens is 244 g/mol. The Bertz CT molecular complexity index is 253. The van der Waals surface area contributed by atoms with Gasteiger partial charge in [-0.05, 0) is 0 Å². The molecule has 94 valence electrons. The van der Waals surface area contributed by atoms with Gasteiger partial charge in [0, 0.05) is 13.1 Å². The summed E-state index contributed by atoms with van der Waals surface area (Å²) in [6, 6.07) is 0. The molecular formula is C8H14ClF2N3O2. The summed E-state index contributed by atoms with van der Waals surface area (Å²) in [6.07, 6.45) is -2.56. The zero-order valence-electron chi connectivity index (χ0n) is 8.54. The van der Waals surface area contributed by atoms with Gasteiger partial charge in [0.15, 0.2) is 0 Å². The molecule has 5 nitrogen and oxygen atoms in total. The van der Waals surface area contributed by atoms with E-state index in [1.807, 2.05) is 5.32 Å². The highest BCUT2D eigenvalue weighted by Gasteiger charge is 2.20. The van der Waals surface area contributed by atoms with E-state index in [2.05, 4.69) is 5.32 Å². The maximum atomic E-state index is 11.7. The van der Waals surface area contributed by atoms with E-state index in [0.29, 0.717) is 13.1 Å². The minimum atomic E-state index is -2.56. The molecule has 1 saturated heterocycles. The Labute approximate surface area is 98.0 Å². The molecule has 0 atom stereocenters. The molecule has 2 amide bonds. The van der Waals surface area contributed by atoms with Crippen molar-refractivity contribution in [1.82, 2.24) is 15.5 Å². The molecule has 0 spiro atoms. The van der Waals surface area contributed by atoms with E-state index in [1.54, 1.807) is 0 Å². The fourth-order valence-electron chi connectivity index (χ4n) is 1.23. The third-order valence-electron chi connectivity index (χ3n) is 1.98. The van der Waals surface area contributed by atoms with Crippen molar-refractivity contribution in [3.63, 3.8) is 0 Å². The Morgan fingerprint density at radius 2 is 2.25 bits per heavy atom. The molecule has 1 aliphatic rings. The number of amides is 2. The zero-order valence-corrected chi connectivity index (χ0v) is 9.36. The summed E-state index contributed by atoms with van der Waals surface area (Å²) in [5, 5.41) is 4.89. The van der Waals surface area contributed by atoms with Crippen molar-refractivity contribution >= 4 is 24.2 Å². The van der Waals surface area contributed by atoms with Crippen molar-refractivity contribution in [2.24, 2.45) is 0 Å². The molecule has 1 heterocycles. The second-order valence-corrected chi connectivity index (χ2v) is 3.19. The van der Waals surface area contributed by atoms with Crippen LogP contribution < -0.4 is 10.6 Å². The summed E-state index contributed by atoms with van der Waals surface area (Å²) in [5.74, 6) is -0.737. The summed E-state index contributed by atoms with van der Waals surface area (Å²) in [4.78, 5) is 23.7. The number of carbonyl (C=O) groups is 2. The van der Waals surface area contributed by atoms with Crippen molar-refractivity contribution in [3.8, 4) is 0 Å². The molecule has 0 aromatic carbocycles. The van der Waals surface area contributed by atoms with Crippen LogP contribution in [-0.4, -0.2) is 55.9 Å². The number of carbonyl (C=O) groups excluding carboxylic acids is 2. The van der Waals surface area contributed by atoms with Crippen LogP contribution >= 0.6 is 12.4 Å². The quantitative estimate of drug-likeness (QED) is 0.695. The third kappa shape index (κ3) is 5.22. The van der Waals surface area contributed by atoms with Gasteiger partial charge in [-0.25, -0.2) is 8.78 Å². The van der Waals surface area contributed by atoms with Crippen LogP contribution in [0.15, 0.2) is 0 Å². The number of piperazine rings is 1. The van der Waals surface area contributed by atoms with Gasteiger partial charge in [0.2, 0.25) is 11.8 Å². The highest BCUT2D eigenvalue weighted by atomic mass is 35.5. The van der Waals surface area contributed by atoms with Gasteiger partial charge in [-0.15, -0.1) is 12.4 Å². The molecule has 8 heteroatoms. The Hall–Kier alpha value is -0.950. The highest BCUT2D eigenvalue weighted by Crippen LogP contribution is 1.94. The van der Waals surface area contributed by atoms with Crippen molar-refractivity contribution < 1.29 is 18.4 Å². The van der Waals surface area contributed by atoms with E-state index in [-0.39, 0.29) is 31.4 Å². The average molecular weight is 258 g/mol. The van der Waals surface area contributed by atoms with Gasteiger partial charge < -0.3 is 15.5 Å². The standard InChI is InChI=1S/C8H13F2N3O2.ClH/c9-6(10)3-12-7(14)5-13-2-1-11-4-8(13)15;/h6,11H,1-5H2,(H,12,14);1H. The molecule has 0 aliphatic carbocycles. The second kappa shape index (κ2) is 7.34. The third-order valence-corrected chi connectivity index (χ3v) is 1.98. The first kappa shape index (κ1) is 15.0. The van der Waals surface area contributed by atoms with E-state index < -0.39 is 18.9 Å². The van der Waals surface area contributed by atoms with E-state index in [4.69, 9.17) is 0 Å². The fraction of sp³-hybridized carbons (Fsp3) is 0.750. The smallest absolute Gasteiger partial charge is 0.255 e. The maximum absolute atomic E-state index is 11.7. The predicted octanol–water partition coefficient (Wildman–Crippen LogP) is -0.779. The summed E-state index contributed by atoms with van der Waals surface area (Å²) in [6.45, 7) is 0.434. The lowest BCUT2D eigenvalue weighted by Gasteiger charge is -2.26. The Morgan fingerprint density at radius 1 is 1.56 bits per heavy atom. The molecule has 1 rings (SSSR count). The van der Waals surface area contributed by atoms with Crippen molar-refractivity contribution in [1.29, 1.82) is 0 Å². The Kier molecular flexibility index (Phi) is 6.91. The summed E-state index contributed by atoms with van der Waals surface area (Å²) in [7, 11) is 0. The largest absolute Gasteiger partial charge is 0.349 e. The fourth-order valence-corrected chi connectivity index (χ4v) is 1.23. The van der Waals surface area contributed by atoms with Gasteiger partial charge in [0.05, 0.1) is 19.6 Å². The first-order valence-electron chi connectivity index (χ1n) is 4.63. The average Bonchev–Trinajstić information content (AvgIpc) is 2.18. The van der Waals surface area contributed by atoms with Crippen LogP contribution in [0.4, 0.5) is 8.78 Å². The first-order chi connectivity index (χ1) is 7.09. The lowest BCUT2D eigenvalue weighted by molar-refractivity contribution is -0.136. The van der Waals surface area contributed by atoms with Crippen molar-refractivity contribution in [2.45, 2.75) is 6.43 Å². The van der Waals surface area contributed by atoms with Crippen molar-refractivity contribution in [3.05, 3.63) is 0 Å². The monoisotopic (exact) mass is 257 g/mol. The number of halogens is 3. The summed E-state index contributed by atoms with van der Waals surface area (Å²) in [5.41, 5.74) is 0. The van der Waals surface area contributed by atoms with Gasteiger partial charge in [0.1, 0.15) is 0 Å². The predicted molar refractivity (Wildman–Crippen MR) is 55.7 cm³/mol. The molecule has 0 unspecified atom stereocenters. The minimum absolute atomic E-state index is 0. The van der Waals surface area contributed by atoms with Crippen LogP contribution in [-0.2, 0) is 9.59 Å². The van der Waals surface area contributed by atoms with Gasteiger partial charge in [0.25, 0.3) is 6.43 Å². The number of hydrogen-bond donors (Lipinski definition) is 2. The number of hydrogen-bond acceptors (Lipinski definition) is 3. The molecule has 1 fully saturated rings. The normalized spacial score (nSPS) is 15.9. The van der Waals surface area contributed by atoms with Crippen LogP contribution in [0.2, 0.25) is 0 Å². The van der Waals surface area contributed by atoms with E-state index in [9.17, 15) is 18.4 Å². The zero-order chi connectivity index (χ0) is 11.3. The number of rotatable bonds is 4. The maximum Gasteiger partial charge on any atom is 0.255 e. The van der Waals surface area contributed by atoms with Gasteiger partial charge >= 0.3 is 0 Å². The van der Waals surface area contributed by atoms with Crippen LogP contribution in [0.3, 0.4) is 0 Å². The first-order valence-corrected chi connectivity index (χ1v) is 4.63. The lowest BCUT2D eigenvalue weighted by atomic mass is 10.3. The Morgan fingerprint density at radius 3 is 2.81 bits per heavy atom. The minimum Gasteiger partial charge on any atom is -0.349 e. The SMILES string of the molecule is Cl.O=C(CN1CCNCC1=O)NCC(F)F. The van der Waals surface area contributed by atoms with Crippen LogP contribution in [0.1, 0.15) is 0 Å². The van der Waals surface area contributed by atoms with Gasteiger partial charge in [-0.2, -0.15) is 0 Å². The summed E-state index contributed by atoms with van der Waals surface area (Å²) >= 11 is 0. The number of nitrogens with zero attached hydrogens (tertiary/aromatic N) is 1. The summed E-state index contributed by atoms with van der Waals surface area (Å²) < 4.78 is 23.5. The molecule has 16 heavy (non-hydrogen) atoms. The lowest BCUT2D eigenvalue weighted by Crippen LogP contribution is -2.51. The van der Waals surface area contributed by atoms with Crippen molar-refractivity contribution in [2.75, 3.05) is 32.7 Å². The van der Waals surface area contributed by atoms with E-state index in [0.717, 1.165) is 0 Å². The number of nitrogens with one attached hydrogen (secondary N) is 2. The molecule has 0 bridgehead atoms. The van der Waals surface area contributed by atoms with E-state index in [1.165, 1.54) is 4.90 Å². The second-order valence-electron chi connectivity index (χ2n) is 3.19. The molecule has 0 aromatic heterocycles. The van der Waals surface area contributed by atoms with Gasteiger partial charge in [-0.3, -0.25) is 9.59 Å². The molecule has 1 aliphatic heterocycles. The highest BCUT2D eigenvalue weighted by molar-refractivity contribution is 5.86. The van der Waals surface area contributed by atoms with Gasteiger partial charge in [-0.1, -0.05) is 0 Å². The molecule has 0 radical (unpaired) electrons. The van der Waals surface area contributed by atoms with Crippen LogP contribution in [0.5, 0.6) is 0 Å². The molecule has 0 saturated carbocycles. The van der Waals surface area contributed by atoms with Crippen LogP contribution in [0.25, 0.3) is 0 Å². The molecule has 2 N–H and O–H groups in total. The topological polar surface area (TPSA) is 61.4 Å². The number of alkyl halides is 2. The Balaban J connectivity index is 0.00000225. The van der Waals surface area contributed by atoms with E-state index >= 15 is 0 Å². The molecule has 0 aromatic rings. The van der Waals surface area contributed by atoms with Crippen LogP contribution in [0, 0.1) is 0 Å².